The highest BCUT2D eigenvalue weighted by Gasteiger charge is 2.29. The summed E-state index contributed by atoms with van der Waals surface area (Å²) in [5, 5.41) is 21.4. The van der Waals surface area contributed by atoms with Crippen LogP contribution in [-0.2, 0) is 4.74 Å². The van der Waals surface area contributed by atoms with Crippen molar-refractivity contribution in [1.82, 2.24) is 0 Å². The Hall–Kier alpha value is -2.63. The fourth-order valence-corrected chi connectivity index (χ4v) is 2.17. The van der Waals surface area contributed by atoms with E-state index in [-0.39, 0.29) is 11.1 Å². The summed E-state index contributed by atoms with van der Waals surface area (Å²) in [6, 6.07) is 2.72. The van der Waals surface area contributed by atoms with Gasteiger partial charge in [0.25, 0.3) is 0 Å². The molecule has 0 unspecified atom stereocenters. The molecular weight excluding hydrogens is 274 g/mol. The Labute approximate surface area is 122 Å². The number of hydrogen-bond donors (Lipinski definition) is 1. The summed E-state index contributed by atoms with van der Waals surface area (Å²) in [5.74, 6) is -1.44. The van der Waals surface area contributed by atoms with E-state index in [9.17, 15) is 20.0 Å². The van der Waals surface area contributed by atoms with Crippen molar-refractivity contribution in [1.29, 1.82) is 0 Å². The number of esters is 1. The van der Waals surface area contributed by atoms with E-state index >= 15 is 0 Å². The van der Waals surface area contributed by atoms with Crippen molar-refractivity contribution in [3.05, 3.63) is 51.1 Å². The summed E-state index contributed by atoms with van der Waals surface area (Å²) < 4.78 is 4.49. The first kappa shape index (κ1) is 16.4. The van der Waals surface area contributed by atoms with Crippen LogP contribution in [0, 0.1) is 10.1 Å². The molecule has 0 atom stereocenters. The highest BCUT2D eigenvalue weighted by Crippen LogP contribution is 2.40. The van der Waals surface area contributed by atoms with Crippen molar-refractivity contribution in [2.75, 3.05) is 7.11 Å². The molecule has 0 aliphatic carbocycles. The molecule has 0 saturated heterocycles. The molecule has 0 bridgehead atoms. The topological polar surface area (TPSA) is 89.7 Å². The number of nitro groups is 1. The lowest BCUT2D eigenvalue weighted by molar-refractivity contribution is -0.386. The number of carbonyl (C=O) groups is 1. The van der Waals surface area contributed by atoms with Gasteiger partial charge in [-0.25, -0.2) is 4.79 Å². The minimum atomic E-state index is -0.877. The molecule has 21 heavy (non-hydrogen) atoms. The second-order valence-electron chi connectivity index (χ2n) is 4.76. The molecule has 0 radical (unpaired) electrons. The SMILES string of the molecule is C=C(C)C(=C(C)C)c1ccc(C(=O)OC)c([N+](=O)[O-])c1O. The number of ether oxygens (including phenoxy) is 1. The first-order valence-electron chi connectivity index (χ1n) is 6.14. The van der Waals surface area contributed by atoms with Crippen molar-refractivity contribution < 1.29 is 19.6 Å². The molecule has 112 valence electrons. The van der Waals surface area contributed by atoms with Crippen molar-refractivity contribution >= 4 is 17.2 Å². The fraction of sp³-hybridized carbons (Fsp3) is 0.267. The molecule has 0 amide bonds. The third-order valence-corrected chi connectivity index (χ3v) is 2.94. The smallest absolute Gasteiger partial charge is 0.345 e. The number of allylic oxidation sites excluding steroid dienone is 3. The van der Waals surface area contributed by atoms with E-state index in [4.69, 9.17) is 0 Å². The number of nitro benzene ring substituents is 1. The molecule has 0 aliphatic heterocycles. The molecule has 0 aromatic heterocycles. The quantitative estimate of drug-likeness (QED) is 0.397. The summed E-state index contributed by atoms with van der Waals surface area (Å²) in [6.45, 7) is 9.17. The minimum absolute atomic E-state index is 0.266. The Bertz CT molecular complexity index is 654. The van der Waals surface area contributed by atoms with Crippen LogP contribution in [0.5, 0.6) is 5.75 Å². The van der Waals surface area contributed by atoms with E-state index in [1.54, 1.807) is 6.92 Å². The van der Waals surface area contributed by atoms with Gasteiger partial charge in [-0.3, -0.25) is 10.1 Å². The first-order valence-corrected chi connectivity index (χ1v) is 6.14. The Morgan fingerprint density at radius 2 is 1.81 bits per heavy atom. The Morgan fingerprint density at radius 1 is 1.29 bits per heavy atom. The van der Waals surface area contributed by atoms with Gasteiger partial charge in [0.15, 0.2) is 0 Å². The average Bonchev–Trinajstić information content (AvgIpc) is 2.38. The third-order valence-electron chi connectivity index (χ3n) is 2.94. The molecule has 0 aliphatic rings. The number of phenolic OH excluding ortho intramolecular Hbond substituents is 1. The predicted molar refractivity (Wildman–Crippen MR) is 79.2 cm³/mol. The molecular formula is C15H17NO5. The van der Waals surface area contributed by atoms with Gasteiger partial charge < -0.3 is 9.84 Å². The van der Waals surface area contributed by atoms with E-state index in [2.05, 4.69) is 11.3 Å². The lowest BCUT2D eigenvalue weighted by Crippen LogP contribution is -2.07. The molecule has 0 spiro atoms. The molecule has 0 heterocycles. The molecule has 1 aromatic rings. The zero-order valence-electron chi connectivity index (χ0n) is 12.4. The van der Waals surface area contributed by atoms with Crippen molar-refractivity contribution in [2.24, 2.45) is 0 Å². The van der Waals surface area contributed by atoms with Crippen LogP contribution in [-0.4, -0.2) is 23.1 Å². The Morgan fingerprint density at radius 3 is 2.19 bits per heavy atom. The predicted octanol–water partition coefficient (Wildman–Crippen LogP) is 3.46. The number of hydrogen-bond acceptors (Lipinski definition) is 5. The average molecular weight is 291 g/mol. The standard InChI is InChI=1S/C15H17NO5/c1-8(2)12(9(3)4)10-6-7-11(15(18)21-5)13(14(10)17)16(19)20/h6-7,17H,1H2,2-5H3. The third kappa shape index (κ3) is 3.10. The molecule has 0 fully saturated rings. The maximum absolute atomic E-state index is 11.6. The number of aromatic hydroxyl groups is 1. The Balaban J connectivity index is 3.72. The number of carbonyl (C=O) groups excluding carboxylic acids is 1. The summed E-state index contributed by atoms with van der Waals surface area (Å²) in [6.07, 6.45) is 0. The van der Waals surface area contributed by atoms with Gasteiger partial charge in [0.2, 0.25) is 5.75 Å². The van der Waals surface area contributed by atoms with E-state index in [1.807, 2.05) is 13.8 Å². The van der Waals surface area contributed by atoms with Crippen molar-refractivity contribution in [3.8, 4) is 5.75 Å². The molecule has 6 nitrogen and oxygen atoms in total. The van der Waals surface area contributed by atoms with Crippen LogP contribution in [0.25, 0.3) is 5.57 Å². The van der Waals surface area contributed by atoms with E-state index < -0.39 is 22.3 Å². The van der Waals surface area contributed by atoms with Crippen LogP contribution in [0.1, 0.15) is 36.7 Å². The van der Waals surface area contributed by atoms with Gasteiger partial charge in [-0.2, -0.15) is 0 Å². The van der Waals surface area contributed by atoms with Crippen molar-refractivity contribution in [2.45, 2.75) is 20.8 Å². The maximum Gasteiger partial charge on any atom is 0.345 e. The second-order valence-corrected chi connectivity index (χ2v) is 4.76. The van der Waals surface area contributed by atoms with Gasteiger partial charge in [0, 0.05) is 5.56 Å². The number of methoxy groups -OCH3 is 1. The monoisotopic (exact) mass is 291 g/mol. The number of benzene rings is 1. The lowest BCUT2D eigenvalue weighted by atomic mass is 9.93. The largest absolute Gasteiger partial charge is 0.502 e. The van der Waals surface area contributed by atoms with Crippen LogP contribution in [0.4, 0.5) is 5.69 Å². The van der Waals surface area contributed by atoms with E-state index in [1.165, 1.54) is 12.1 Å². The van der Waals surface area contributed by atoms with Gasteiger partial charge in [-0.05, 0) is 38.5 Å². The van der Waals surface area contributed by atoms with Crippen LogP contribution in [0.2, 0.25) is 0 Å². The Kier molecular flexibility index (Phi) is 4.86. The van der Waals surface area contributed by atoms with Gasteiger partial charge in [0.05, 0.1) is 12.0 Å². The zero-order chi connectivity index (χ0) is 16.3. The van der Waals surface area contributed by atoms with Crippen LogP contribution < -0.4 is 0 Å². The normalized spacial score (nSPS) is 9.90. The van der Waals surface area contributed by atoms with E-state index in [0.29, 0.717) is 11.1 Å². The van der Waals surface area contributed by atoms with E-state index in [0.717, 1.165) is 12.7 Å². The second kappa shape index (κ2) is 6.21. The van der Waals surface area contributed by atoms with Crippen LogP contribution in [0.15, 0.2) is 29.9 Å². The fourth-order valence-electron chi connectivity index (χ4n) is 2.17. The molecule has 6 heteroatoms. The number of rotatable bonds is 4. The van der Waals surface area contributed by atoms with Crippen molar-refractivity contribution in [3.63, 3.8) is 0 Å². The van der Waals surface area contributed by atoms with Gasteiger partial charge in [0.1, 0.15) is 5.56 Å². The zero-order valence-corrected chi connectivity index (χ0v) is 12.4. The van der Waals surface area contributed by atoms with Gasteiger partial charge in [-0.1, -0.05) is 17.7 Å². The minimum Gasteiger partial charge on any atom is -0.502 e. The highest BCUT2D eigenvalue weighted by atomic mass is 16.6. The molecule has 1 N–H and O–H groups in total. The van der Waals surface area contributed by atoms with Gasteiger partial charge >= 0.3 is 11.7 Å². The summed E-state index contributed by atoms with van der Waals surface area (Å²) >= 11 is 0. The summed E-state index contributed by atoms with van der Waals surface area (Å²) in [7, 11) is 1.12. The van der Waals surface area contributed by atoms with Crippen LogP contribution in [0.3, 0.4) is 0 Å². The van der Waals surface area contributed by atoms with Gasteiger partial charge in [-0.15, -0.1) is 0 Å². The summed E-state index contributed by atoms with van der Waals surface area (Å²) in [4.78, 5) is 21.9. The molecule has 1 aromatic carbocycles. The number of phenols is 1. The molecule has 0 saturated carbocycles. The number of nitrogens with zero attached hydrogens (tertiary/aromatic N) is 1. The first-order chi connectivity index (χ1) is 9.72. The summed E-state index contributed by atoms with van der Waals surface area (Å²) in [5.41, 5.74) is 1.43. The maximum atomic E-state index is 11.6. The van der Waals surface area contributed by atoms with Crippen LogP contribution >= 0.6 is 0 Å². The highest BCUT2D eigenvalue weighted by molar-refractivity contribution is 5.97. The molecule has 1 rings (SSSR count). The lowest BCUT2D eigenvalue weighted by Gasteiger charge is -2.13.